The van der Waals surface area contributed by atoms with Crippen molar-refractivity contribution < 1.29 is 52.7 Å². The largest absolute Gasteiger partial charge is 0.478 e. The minimum absolute atomic E-state index is 0.00546. The number of aliphatic hydroxyl groups is 3. The SMILES string of the molecule is Cc1c(Cn2c(C)nc3c(C(=O)O)cc(N4CCOCC4)cc32)cccc1C(F)(F)F.NC(CO)(CO)CO.O=C1C=C(N2CC2)C(=O)C(N2CC2)=C1N1CC1. The van der Waals surface area contributed by atoms with Crippen LogP contribution in [0.2, 0.25) is 0 Å². The first-order valence-corrected chi connectivity index (χ1v) is 18.2. The van der Waals surface area contributed by atoms with Crippen molar-refractivity contribution in [2.24, 2.45) is 5.73 Å². The highest BCUT2D eigenvalue weighted by molar-refractivity contribution is 6.22. The van der Waals surface area contributed by atoms with Crippen molar-refractivity contribution in [3.05, 3.63) is 81.6 Å². The molecular weight excluding hydrogens is 739 g/mol. The fourth-order valence-electron chi connectivity index (χ4n) is 6.45. The Hall–Kier alpha value is -5.01. The number of aromatic carboxylic acids is 1. The van der Waals surface area contributed by atoms with Gasteiger partial charge in [-0.2, -0.15) is 13.2 Å². The number of fused-ring (bicyclic) bond motifs is 1. The standard InChI is InChI=1S/C22H22F3N3O3.C12H13N3O2.C4H11NO3/c1-13-15(4-3-5-18(13)22(23,24)25)12-28-14(2)26-20-17(21(29)30)10-16(11-19(20)28)27-6-8-31-9-7-27;16-9-7-8(13-1-2-13)12(17)11(15-5-6-15)10(9)14-3-4-14;5-4(1-6,2-7)3-8/h3-5,10-11H,6-9,12H2,1-2H3,(H,29,30);7H,1-6H2;6-8H,1-3,5H2. The average molecular weight is 786 g/mol. The van der Waals surface area contributed by atoms with Gasteiger partial charge in [-0.1, -0.05) is 12.1 Å². The fourth-order valence-corrected chi connectivity index (χ4v) is 6.45. The molecule has 18 heteroatoms. The molecule has 4 saturated heterocycles. The molecule has 4 aliphatic heterocycles. The zero-order chi connectivity index (χ0) is 40.5. The van der Waals surface area contributed by atoms with Crippen molar-refractivity contribution in [1.82, 2.24) is 24.3 Å². The third kappa shape index (κ3) is 8.84. The lowest BCUT2D eigenvalue weighted by molar-refractivity contribution is -0.138. The van der Waals surface area contributed by atoms with Crippen LogP contribution in [0.4, 0.5) is 18.9 Å². The Bertz CT molecular complexity index is 2050. The number of aromatic nitrogens is 2. The number of anilines is 1. The van der Waals surface area contributed by atoms with Crippen molar-refractivity contribution in [3.8, 4) is 0 Å². The summed E-state index contributed by atoms with van der Waals surface area (Å²) in [5.74, 6) is -0.513. The van der Waals surface area contributed by atoms with Gasteiger partial charge in [0.1, 0.15) is 22.7 Å². The van der Waals surface area contributed by atoms with E-state index < -0.39 is 43.1 Å². The molecule has 0 bridgehead atoms. The van der Waals surface area contributed by atoms with Crippen LogP contribution in [-0.4, -0.2) is 153 Å². The molecule has 56 heavy (non-hydrogen) atoms. The Kier molecular flexibility index (Phi) is 11.8. The van der Waals surface area contributed by atoms with Crippen LogP contribution in [-0.2, 0) is 27.0 Å². The summed E-state index contributed by atoms with van der Waals surface area (Å²) in [6.07, 6.45) is -2.91. The van der Waals surface area contributed by atoms with Gasteiger partial charge in [0.15, 0.2) is 0 Å². The maximum atomic E-state index is 13.3. The second-order valence-electron chi connectivity index (χ2n) is 14.3. The summed E-state index contributed by atoms with van der Waals surface area (Å²) in [5, 5.41) is 34.8. The number of allylic oxidation sites excluding steroid dienone is 1. The van der Waals surface area contributed by atoms with E-state index in [1.807, 2.05) is 25.7 Å². The minimum Gasteiger partial charge on any atom is -0.478 e. The lowest BCUT2D eigenvalue weighted by atomic mass is 10.0. The van der Waals surface area contributed by atoms with Gasteiger partial charge in [0, 0.05) is 70.7 Å². The molecular formula is C38H46F3N7O8. The van der Waals surface area contributed by atoms with E-state index >= 15 is 0 Å². The lowest BCUT2D eigenvalue weighted by Crippen LogP contribution is -2.50. The van der Waals surface area contributed by atoms with E-state index in [2.05, 4.69) is 4.98 Å². The number of ether oxygens (including phenoxy) is 1. The number of carboxylic acid groups (broad SMARTS) is 1. The third-order valence-corrected chi connectivity index (χ3v) is 10.1. The van der Waals surface area contributed by atoms with Crippen LogP contribution in [0.1, 0.15) is 32.9 Å². The molecule has 5 heterocycles. The molecule has 5 aliphatic rings. The van der Waals surface area contributed by atoms with Gasteiger partial charge in [-0.25, -0.2) is 9.78 Å². The summed E-state index contributed by atoms with van der Waals surface area (Å²) < 4.78 is 47.2. The number of halogens is 3. The first-order valence-electron chi connectivity index (χ1n) is 18.2. The number of nitrogens with two attached hydrogens (primary N) is 1. The lowest BCUT2D eigenvalue weighted by Gasteiger charge is -2.29. The third-order valence-electron chi connectivity index (χ3n) is 10.1. The first-order chi connectivity index (χ1) is 26.6. The van der Waals surface area contributed by atoms with E-state index in [0.29, 0.717) is 65.8 Å². The highest BCUT2D eigenvalue weighted by Crippen LogP contribution is 2.36. The number of aryl methyl sites for hydroxylation is 1. The fraction of sp³-hybridized carbons (Fsp3) is 0.474. The second kappa shape index (κ2) is 16.2. The molecule has 1 aromatic heterocycles. The zero-order valence-electron chi connectivity index (χ0n) is 31.2. The van der Waals surface area contributed by atoms with Crippen LogP contribution in [0.15, 0.2) is 53.5 Å². The molecule has 0 atom stereocenters. The van der Waals surface area contributed by atoms with E-state index in [0.717, 1.165) is 51.0 Å². The predicted octanol–water partition coefficient (Wildman–Crippen LogP) is 1.10. The number of benzene rings is 2. The molecule has 0 spiro atoms. The van der Waals surface area contributed by atoms with Gasteiger partial charge < -0.3 is 55.1 Å². The normalized spacial score (nSPS) is 18.1. The van der Waals surface area contributed by atoms with Gasteiger partial charge in [0.2, 0.25) is 11.6 Å². The molecule has 0 amide bonds. The quantitative estimate of drug-likeness (QED) is 0.145. The van der Waals surface area contributed by atoms with Crippen LogP contribution >= 0.6 is 0 Å². The van der Waals surface area contributed by atoms with Crippen molar-refractivity contribution in [1.29, 1.82) is 0 Å². The molecule has 2 aromatic carbocycles. The summed E-state index contributed by atoms with van der Waals surface area (Å²) in [6, 6.07) is 7.57. The maximum absolute atomic E-state index is 13.3. The van der Waals surface area contributed by atoms with E-state index in [-0.39, 0.29) is 29.2 Å². The number of ketones is 2. The van der Waals surface area contributed by atoms with Crippen molar-refractivity contribution in [3.63, 3.8) is 0 Å². The van der Waals surface area contributed by atoms with E-state index in [1.54, 1.807) is 23.6 Å². The van der Waals surface area contributed by atoms with Crippen molar-refractivity contribution >= 4 is 34.3 Å². The van der Waals surface area contributed by atoms with E-state index in [9.17, 15) is 32.7 Å². The maximum Gasteiger partial charge on any atom is 0.416 e. The molecule has 0 saturated carbocycles. The number of carbonyl (C=O) groups excluding carboxylic acids is 2. The Balaban J connectivity index is 0.000000176. The van der Waals surface area contributed by atoms with Gasteiger partial charge in [-0.3, -0.25) is 9.59 Å². The Morgan fingerprint density at radius 3 is 1.96 bits per heavy atom. The number of Topliss-reactive ketones (excluding diaryl/α,β-unsaturated/α-hetero) is 1. The average Bonchev–Trinajstić information content (AvgIpc) is 4.03. The van der Waals surface area contributed by atoms with Gasteiger partial charge in [0.05, 0.1) is 60.9 Å². The number of rotatable bonds is 10. The predicted molar refractivity (Wildman–Crippen MR) is 198 cm³/mol. The van der Waals surface area contributed by atoms with Crippen LogP contribution in [0.25, 0.3) is 11.0 Å². The van der Waals surface area contributed by atoms with Crippen molar-refractivity contribution in [2.75, 3.05) is 90.3 Å². The van der Waals surface area contributed by atoms with Crippen LogP contribution < -0.4 is 10.6 Å². The van der Waals surface area contributed by atoms with E-state index in [1.165, 1.54) is 19.1 Å². The second-order valence-corrected chi connectivity index (χ2v) is 14.3. The molecule has 302 valence electrons. The molecule has 1 aliphatic carbocycles. The van der Waals surface area contributed by atoms with Gasteiger partial charge in [0.25, 0.3) is 0 Å². The topological polar surface area (TPSA) is 197 Å². The van der Waals surface area contributed by atoms with Crippen LogP contribution in [0.5, 0.6) is 0 Å². The molecule has 15 nitrogen and oxygen atoms in total. The Morgan fingerprint density at radius 2 is 1.45 bits per heavy atom. The zero-order valence-corrected chi connectivity index (χ0v) is 31.2. The molecule has 4 fully saturated rings. The monoisotopic (exact) mass is 785 g/mol. The van der Waals surface area contributed by atoms with Gasteiger partial charge in [-0.15, -0.1) is 0 Å². The highest BCUT2D eigenvalue weighted by atomic mass is 19.4. The summed E-state index contributed by atoms with van der Waals surface area (Å²) in [5.41, 5.74) is 7.52. The summed E-state index contributed by atoms with van der Waals surface area (Å²) >= 11 is 0. The Morgan fingerprint density at radius 1 is 0.857 bits per heavy atom. The molecule has 6 N–H and O–H groups in total. The van der Waals surface area contributed by atoms with Crippen LogP contribution in [0.3, 0.4) is 0 Å². The first kappa shape index (κ1) is 40.6. The number of alkyl halides is 3. The molecule has 3 aromatic rings. The van der Waals surface area contributed by atoms with E-state index in [4.69, 9.17) is 25.8 Å². The van der Waals surface area contributed by atoms with Gasteiger partial charge >= 0.3 is 12.1 Å². The minimum atomic E-state index is -4.44. The summed E-state index contributed by atoms with van der Waals surface area (Å²) in [6.45, 7) is 9.88. The Labute approximate surface area is 320 Å². The number of imidazole rings is 1. The number of carboxylic acids is 1. The van der Waals surface area contributed by atoms with Crippen molar-refractivity contribution in [2.45, 2.75) is 32.1 Å². The number of hydrogen-bond acceptors (Lipinski definition) is 13. The number of aliphatic hydroxyl groups excluding tert-OH is 3. The molecule has 8 rings (SSSR count). The number of carbonyl (C=O) groups is 3. The number of nitrogens with zero attached hydrogens (tertiary/aromatic N) is 6. The molecule has 0 unspecified atom stereocenters. The number of morpholine rings is 1. The number of hydrogen-bond donors (Lipinski definition) is 5. The van der Waals surface area contributed by atoms with Gasteiger partial charge in [-0.05, 0) is 43.2 Å². The summed E-state index contributed by atoms with van der Waals surface area (Å²) in [7, 11) is 0. The van der Waals surface area contributed by atoms with Crippen LogP contribution in [0, 0.1) is 13.8 Å². The highest BCUT2D eigenvalue weighted by Gasteiger charge is 2.43. The molecule has 0 radical (unpaired) electrons. The smallest absolute Gasteiger partial charge is 0.416 e. The summed E-state index contributed by atoms with van der Waals surface area (Å²) in [4.78, 5) is 48.9.